The lowest BCUT2D eigenvalue weighted by molar-refractivity contribution is -0.126. The molecule has 2 aromatic rings. The van der Waals surface area contributed by atoms with E-state index in [4.69, 9.17) is 20.4 Å². The first-order valence-corrected chi connectivity index (χ1v) is 11.3. The van der Waals surface area contributed by atoms with Gasteiger partial charge in [-0.25, -0.2) is 4.39 Å². The monoisotopic (exact) mass is 490 g/mol. The summed E-state index contributed by atoms with van der Waals surface area (Å²) in [5, 5.41) is 14.6. The number of nitrogens with one attached hydrogen (secondary N) is 1. The van der Waals surface area contributed by atoms with E-state index >= 15 is 0 Å². The number of halogens is 2. The molecule has 1 saturated carbocycles. The van der Waals surface area contributed by atoms with Crippen LogP contribution < -0.4 is 15.8 Å². The molecule has 4 rings (SSSR count). The molecule has 188 valence electrons. The number of nitrogens with zero attached hydrogens (tertiary/aromatic N) is 2. The Morgan fingerprint density at radius 1 is 1.26 bits per heavy atom. The van der Waals surface area contributed by atoms with Crippen molar-refractivity contribution in [2.24, 2.45) is 16.8 Å². The highest BCUT2D eigenvalue weighted by Crippen LogP contribution is 2.28. The van der Waals surface area contributed by atoms with Gasteiger partial charge >= 0.3 is 0 Å². The fourth-order valence-electron chi connectivity index (χ4n) is 3.58. The summed E-state index contributed by atoms with van der Waals surface area (Å²) < 4.78 is 36.7. The molecule has 0 spiro atoms. The van der Waals surface area contributed by atoms with Crippen LogP contribution in [0.1, 0.15) is 49.5 Å². The third-order valence-electron chi connectivity index (χ3n) is 5.80. The number of anilines is 1. The summed E-state index contributed by atoms with van der Waals surface area (Å²) in [5.41, 5.74) is 6.21. The van der Waals surface area contributed by atoms with Crippen LogP contribution in [0.3, 0.4) is 0 Å². The average molecular weight is 491 g/mol. The van der Waals surface area contributed by atoms with Crippen LogP contribution in [0.15, 0.2) is 41.7 Å². The molecule has 2 aliphatic rings. The number of benzene rings is 1. The van der Waals surface area contributed by atoms with Gasteiger partial charge in [-0.15, -0.1) is 0 Å². The number of amides is 2. The van der Waals surface area contributed by atoms with Gasteiger partial charge in [-0.3, -0.25) is 14.6 Å². The molecule has 2 heterocycles. The lowest BCUT2D eigenvalue weighted by atomic mass is 9.82. The molecule has 4 N–H and O–H groups in total. The molecule has 1 aromatic carbocycles. The lowest BCUT2D eigenvalue weighted by Gasteiger charge is -2.25. The molecule has 9 nitrogen and oxygen atoms in total. The highest BCUT2D eigenvalue weighted by Gasteiger charge is 2.28. The van der Waals surface area contributed by atoms with E-state index in [-0.39, 0.29) is 36.0 Å². The molecule has 11 heteroatoms. The summed E-state index contributed by atoms with van der Waals surface area (Å²) in [7, 11) is 0. The Bertz CT molecular complexity index is 1080. The molecule has 2 atom stereocenters. The highest BCUT2D eigenvalue weighted by atomic mass is 19.2. The van der Waals surface area contributed by atoms with Crippen LogP contribution in [0, 0.1) is 17.6 Å². The van der Waals surface area contributed by atoms with Gasteiger partial charge in [0, 0.05) is 17.8 Å². The van der Waals surface area contributed by atoms with Crippen molar-refractivity contribution in [1.29, 1.82) is 0 Å². The third kappa shape index (κ3) is 7.19. The number of pyridine rings is 1. The maximum Gasteiger partial charge on any atom is 0.267 e. The zero-order valence-electron chi connectivity index (χ0n) is 19.2. The topological polar surface area (TPSA) is 136 Å². The van der Waals surface area contributed by atoms with Crippen molar-refractivity contribution in [2.45, 2.75) is 51.2 Å². The van der Waals surface area contributed by atoms with E-state index in [0.717, 1.165) is 31.7 Å². The van der Waals surface area contributed by atoms with Crippen LogP contribution in [0.2, 0.25) is 0 Å². The quantitative estimate of drug-likeness (QED) is 0.308. The highest BCUT2D eigenvalue weighted by molar-refractivity contribution is 5.96. The lowest BCUT2D eigenvalue weighted by Crippen LogP contribution is -2.28. The minimum Gasteiger partial charge on any atom is -0.484 e. The number of carbonyl (C=O) groups is 2. The Kier molecular flexibility index (Phi) is 9.07. The number of carbonyl (C=O) groups excluding carboxylic acids is 2. The normalized spacial score (nSPS) is 19.8. The molecule has 0 bridgehead atoms. The van der Waals surface area contributed by atoms with Gasteiger partial charge in [0.15, 0.2) is 11.6 Å². The van der Waals surface area contributed by atoms with Gasteiger partial charge < -0.3 is 25.7 Å². The third-order valence-corrected chi connectivity index (χ3v) is 5.80. The maximum atomic E-state index is 13.3. The number of hydrogen-bond donors (Lipinski definition) is 3. The summed E-state index contributed by atoms with van der Waals surface area (Å²) in [6.07, 6.45) is 5.70. The zero-order chi connectivity index (χ0) is 25.4. The van der Waals surface area contributed by atoms with Crippen molar-refractivity contribution in [1.82, 2.24) is 4.98 Å². The van der Waals surface area contributed by atoms with Crippen molar-refractivity contribution in [3.05, 3.63) is 53.9 Å². The Labute approximate surface area is 201 Å². The number of ether oxygens (including phenoxy) is 2. The Hall–Kier alpha value is -3.60. The molecule has 1 saturated heterocycles. The van der Waals surface area contributed by atoms with Gasteiger partial charge in [0.25, 0.3) is 11.8 Å². The first kappa shape index (κ1) is 26.0. The van der Waals surface area contributed by atoms with Crippen LogP contribution in [0.4, 0.5) is 14.5 Å². The van der Waals surface area contributed by atoms with Crippen LogP contribution in [0.5, 0.6) is 5.75 Å². The number of primary amides is 1. The van der Waals surface area contributed by atoms with Crippen LogP contribution in [0.25, 0.3) is 0 Å². The standard InChI is InChI=1S/C12H13F2NO2.C12H15N3O3/c13-9-5-2-6-11(12(9)14)17-7-10(15-16)8-3-1-4-8;1-7-2-3-10(18-7)12(17)15-8-4-5-14-9(6-8)11(13)16/h2,5-6,8,16H,1,3-4,7H2;4-7,10H,2-3H2,1H3,(H2,13,16)(H,14,15,17)/b15-10-;. The van der Waals surface area contributed by atoms with Gasteiger partial charge in [0.05, 0.1) is 11.8 Å². The van der Waals surface area contributed by atoms with Gasteiger partial charge in [0.2, 0.25) is 5.82 Å². The van der Waals surface area contributed by atoms with E-state index < -0.39 is 23.6 Å². The summed E-state index contributed by atoms with van der Waals surface area (Å²) in [6.45, 7) is 1.92. The predicted octanol–water partition coefficient (Wildman–Crippen LogP) is 3.66. The fourth-order valence-corrected chi connectivity index (χ4v) is 3.58. The summed E-state index contributed by atoms with van der Waals surface area (Å²) in [6, 6.07) is 6.78. The maximum absolute atomic E-state index is 13.3. The van der Waals surface area contributed by atoms with Crippen molar-refractivity contribution >= 4 is 23.2 Å². The number of oxime groups is 1. The van der Waals surface area contributed by atoms with Gasteiger partial charge in [-0.2, -0.15) is 4.39 Å². The average Bonchev–Trinajstić information content (AvgIpc) is 3.25. The second kappa shape index (κ2) is 12.2. The van der Waals surface area contributed by atoms with Crippen molar-refractivity contribution in [3.8, 4) is 5.75 Å². The van der Waals surface area contributed by atoms with E-state index in [0.29, 0.717) is 17.8 Å². The van der Waals surface area contributed by atoms with Crippen molar-refractivity contribution in [3.63, 3.8) is 0 Å². The van der Waals surface area contributed by atoms with Crippen LogP contribution in [-0.2, 0) is 9.53 Å². The van der Waals surface area contributed by atoms with E-state index in [2.05, 4.69) is 15.5 Å². The first-order valence-electron chi connectivity index (χ1n) is 11.3. The molecule has 1 aliphatic heterocycles. The second-order valence-corrected chi connectivity index (χ2v) is 8.36. The minimum absolute atomic E-state index is 0.0124. The van der Waals surface area contributed by atoms with Crippen LogP contribution in [-0.4, -0.2) is 46.5 Å². The van der Waals surface area contributed by atoms with Gasteiger partial charge in [-0.1, -0.05) is 17.6 Å². The molecule has 1 aromatic heterocycles. The van der Waals surface area contributed by atoms with Crippen LogP contribution >= 0.6 is 0 Å². The molecule has 2 fully saturated rings. The molecule has 2 unspecified atom stereocenters. The van der Waals surface area contributed by atoms with E-state index in [1.807, 2.05) is 6.92 Å². The predicted molar refractivity (Wildman–Crippen MR) is 123 cm³/mol. The second-order valence-electron chi connectivity index (χ2n) is 8.36. The zero-order valence-corrected chi connectivity index (χ0v) is 19.2. The SMILES string of the molecule is CC1CCC(C(=O)Nc2ccnc(C(N)=O)c2)O1.O/N=C(/COc1cccc(F)c1F)C1CCC1. The first-order chi connectivity index (χ1) is 16.8. The molecule has 2 amide bonds. The Morgan fingerprint density at radius 3 is 2.63 bits per heavy atom. The number of aromatic nitrogens is 1. The van der Waals surface area contributed by atoms with Gasteiger partial charge in [0.1, 0.15) is 18.4 Å². The summed E-state index contributed by atoms with van der Waals surface area (Å²) >= 11 is 0. The van der Waals surface area contributed by atoms with Crippen molar-refractivity contribution < 1.29 is 33.1 Å². The van der Waals surface area contributed by atoms with Gasteiger partial charge in [-0.05, 0) is 56.9 Å². The molecule has 0 radical (unpaired) electrons. The van der Waals surface area contributed by atoms with E-state index in [9.17, 15) is 18.4 Å². The fraction of sp³-hybridized carbons (Fsp3) is 0.417. The number of nitrogens with two attached hydrogens (primary N) is 1. The smallest absolute Gasteiger partial charge is 0.267 e. The van der Waals surface area contributed by atoms with Crippen molar-refractivity contribution in [2.75, 3.05) is 11.9 Å². The number of hydrogen-bond acceptors (Lipinski definition) is 7. The molecule has 35 heavy (non-hydrogen) atoms. The number of rotatable bonds is 7. The molecular formula is C24H28F2N4O5. The Morgan fingerprint density at radius 2 is 2.03 bits per heavy atom. The summed E-state index contributed by atoms with van der Waals surface area (Å²) in [4.78, 5) is 26.6. The Balaban J connectivity index is 0.000000196. The molecule has 1 aliphatic carbocycles. The minimum atomic E-state index is -1.02. The largest absolute Gasteiger partial charge is 0.484 e. The summed E-state index contributed by atoms with van der Waals surface area (Å²) in [5.74, 6) is -2.76. The molecular weight excluding hydrogens is 462 g/mol. The van der Waals surface area contributed by atoms with E-state index in [1.165, 1.54) is 24.4 Å². The van der Waals surface area contributed by atoms with E-state index in [1.54, 1.807) is 6.07 Å².